The van der Waals surface area contributed by atoms with Crippen LogP contribution in [-0.2, 0) is 11.3 Å². The zero-order valence-corrected chi connectivity index (χ0v) is 13.4. The molecule has 0 bridgehead atoms. The zero-order chi connectivity index (χ0) is 15.2. The molecule has 1 fully saturated rings. The molecule has 4 heteroatoms. The van der Waals surface area contributed by atoms with Crippen molar-refractivity contribution in [3.8, 4) is 0 Å². The van der Waals surface area contributed by atoms with Gasteiger partial charge in [0.15, 0.2) is 0 Å². The third-order valence-corrected chi connectivity index (χ3v) is 4.46. The standard InChI is InChI=1S/C17H27N3O/c1-13(2)14(3)19-17(21)16-6-9-20(10-7-16)12-15-5-4-8-18-11-15/h4-5,8,11,13-14,16H,6-7,9-10,12H2,1-3H3,(H,19,21)/t14-/m1/s1. The van der Waals surface area contributed by atoms with Gasteiger partial charge in [0, 0.05) is 30.9 Å². The highest BCUT2D eigenvalue weighted by molar-refractivity contribution is 5.79. The summed E-state index contributed by atoms with van der Waals surface area (Å²) in [5.74, 6) is 0.896. The average molecular weight is 289 g/mol. The summed E-state index contributed by atoms with van der Waals surface area (Å²) < 4.78 is 0. The van der Waals surface area contributed by atoms with Gasteiger partial charge >= 0.3 is 0 Å². The summed E-state index contributed by atoms with van der Waals surface area (Å²) in [6.07, 6.45) is 5.63. The molecule has 0 saturated carbocycles. The van der Waals surface area contributed by atoms with Crippen LogP contribution in [0.4, 0.5) is 0 Å². The fourth-order valence-electron chi connectivity index (χ4n) is 2.61. The number of aromatic nitrogens is 1. The highest BCUT2D eigenvalue weighted by Crippen LogP contribution is 2.19. The van der Waals surface area contributed by atoms with Gasteiger partial charge in [-0.2, -0.15) is 0 Å². The van der Waals surface area contributed by atoms with E-state index >= 15 is 0 Å². The number of nitrogens with one attached hydrogen (secondary N) is 1. The molecule has 1 aliphatic heterocycles. The topological polar surface area (TPSA) is 45.2 Å². The van der Waals surface area contributed by atoms with Crippen molar-refractivity contribution in [3.63, 3.8) is 0 Å². The first-order valence-corrected chi connectivity index (χ1v) is 7.98. The van der Waals surface area contributed by atoms with Crippen LogP contribution in [0.1, 0.15) is 39.2 Å². The second kappa shape index (κ2) is 7.55. The number of pyridine rings is 1. The van der Waals surface area contributed by atoms with E-state index in [1.165, 1.54) is 5.56 Å². The van der Waals surface area contributed by atoms with Crippen LogP contribution in [0.25, 0.3) is 0 Å². The van der Waals surface area contributed by atoms with E-state index in [4.69, 9.17) is 0 Å². The van der Waals surface area contributed by atoms with E-state index in [0.717, 1.165) is 32.5 Å². The Balaban J connectivity index is 1.76. The number of amides is 1. The Hall–Kier alpha value is -1.42. The Morgan fingerprint density at radius 3 is 2.67 bits per heavy atom. The molecule has 4 nitrogen and oxygen atoms in total. The van der Waals surface area contributed by atoms with Crippen molar-refractivity contribution in [1.82, 2.24) is 15.2 Å². The second-order valence-electron chi connectivity index (χ2n) is 6.45. The molecular weight excluding hydrogens is 262 g/mol. The minimum absolute atomic E-state index is 0.177. The highest BCUT2D eigenvalue weighted by atomic mass is 16.1. The normalized spacial score (nSPS) is 18.7. The van der Waals surface area contributed by atoms with Crippen molar-refractivity contribution >= 4 is 5.91 Å². The van der Waals surface area contributed by atoms with E-state index in [9.17, 15) is 4.79 Å². The second-order valence-corrected chi connectivity index (χ2v) is 6.45. The molecule has 116 valence electrons. The van der Waals surface area contributed by atoms with Crippen LogP contribution in [0.3, 0.4) is 0 Å². The molecule has 0 aliphatic carbocycles. The van der Waals surface area contributed by atoms with Crippen LogP contribution in [0.2, 0.25) is 0 Å². The Morgan fingerprint density at radius 1 is 1.38 bits per heavy atom. The minimum Gasteiger partial charge on any atom is -0.353 e. The third kappa shape index (κ3) is 4.81. The van der Waals surface area contributed by atoms with Gasteiger partial charge in [-0.3, -0.25) is 14.7 Å². The summed E-state index contributed by atoms with van der Waals surface area (Å²) in [7, 11) is 0. The van der Waals surface area contributed by atoms with E-state index in [1.807, 2.05) is 12.3 Å². The highest BCUT2D eigenvalue weighted by Gasteiger charge is 2.26. The predicted octanol–water partition coefficient (Wildman–Crippen LogP) is 2.45. The SMILES string of the molecule is CC(C)[C@@H](C)NC(=O)C1CCN(Cc2cccnc2)CC1. The Labute approximate surface area is 127 Å². The van der Waals surface area contributed by atoms with Crippen LogP contribution in [0.5, 0.6) is 0 Å². The average Bonchev–Trinajstić information content (AvgIpc) is 2.48. The summed E-state index contributed by atoms with van der Waals surface area (Å²) in [5, 5.41) is 3.15. The molecule has 1 aromatic heterocycles. The minimum atomic E-state index is 0.177. The van der Waals surface area contributed by atoms with Gasteiger partial charge in [-0.1, -0.05) is 19.9 Å². The Kier molecular flexibility index (Phi) is 5.74. The monoisotopic (exact) mass is 289 g/mol. The summed E-state index contributed by atoms with van der Waals surface area (Å²) in [5.41, 5.74) is 1.24. The molecular formula is C17H27N3O. The van der Waals surface area contributed by atoms with Gasteiger partial charge in [-0.25, -0.2) is 0 Å². The number of hydrogen-bond acceptors (Lipinski definition) is 3. The van der Waals surface area contributed by atoms with E-state index in [-0.39, 0.29) is 17.9 Å². The molecule has 0 unspecified atom stereocenters. The van der Waals surface area contributed by atoms with Gasteiger partial charge in [0.2, 0.25) is 5.91 Å². The molecule has 1 saturated heterocycles. The maximum atomic E-state index is 12.2. The fraction of sp³-hybridized carbons (Fsp3) is 0.647. The number of carbonyl (C=O) groups excluding carboxylic acids is 1. The molecule has 21 heavy (non-hydrogen) atoms. The van der Waals surface area contributed by atoms with Gasteiger partial charge in [-0.05, 0) is 50.4 Å². The zero-order valence-electron chi connectivity index (χ0n) is 13.4. The quantitative estimate of drug-likeness (QED) is 0.905. The molecule has 2 heterocycles. The van der Waals surface area contributed by atoms with Gasteiger partial charge in [0.25, 0.3) is 0 Å². The van der Waals surface area contributed by atoms with Crippen LogP contribution < -0.4 is 5.32 Å². The van der Waals surface area contributed by atoms with Crippen LogP contribution >= 0.6 is 0 Å². The van der Waals surface area contributed by atoms with E-state index in [2.05, 4.69) is 42.0 Å². The molecule has 1 atom stereocenters. The summed E-state index contributed by atoms with van der Waals surface area (Å²) in [6, 6.07) is 4.34. The summed E-state index contributed by atoms with van der Waals surface area (Å²) >= 11 is 0. The predicted molar refractivity (Wildman–Crippen MR) is 84.7 cm³/mol. The summed E-state index contributed by atoms with van der Waals surface area (Å²) in [4.78, 5) is 18.8. The van der Waals surface area contributed by atoms with Gasteiger partial charge in [0.1, 0.15) is 0 Å². The lowest BCUT2D eigenvalue weighted by Crippen LogP contribution is -2.44. The largest absolute Gasteiger partial charge is 0.353 e. The van der Waals surface area contributed by atoms with Crippen LogP contribution in [-0.4, -0.2) is 34.9 Å². The molecule has 1 N–H and O–H groups in total. The molecule has 1 aromatic rings. The lowest BCUT2D eigenvalue weighted by Gasteiger charge is -2.32. The van der Waals surface area contributed by atoms with Crippen molar-refractivity contribution in [2.75, 3.05) is 13.1 Å². The first-order valence-electron chi connectivity index (χ1n) is 7.98. The molecule has 1 amide bonds. The number of nitrogens with zero attached hydrogens (tertiary/aromatic N) is 2. The van der Waals surface area contributed by atoms with Gasteiger partial charge in [-0.15, -0.1) is 0 Å². The number of hydrogen-bond donors (Lipinski definition) is 1. The number of piperidine rings is 1. The van der Waals surface area contributed by atoms with Crippen LogP contribution in [0, 0.1) is 11.8 Å². The lowest BCUT2D eigenvalue weighted by molar-refractivity contribution is -0.127. The molecule has 0 aromatic carbocycles. The fourth-order valence-corrected chi connectivity index (χ4v) is 2.61. The number of likely N-dealkylation sites (tertiary alicyclic amines) is 1. The van der Waals surface area contributed by atoms with Crippen molar-refractivity contribution < 1.29 is 4.79 Å². The van der Waals surface area contributed by atoms with E-state index in [1.54, 1.807) is 6.20 Å². The Morgan fingerprint density at radius 2 is 2.10 bits per heavy atom. The van der Waals surface area contributed by atoms with E-state index in [0.29, 0.717) is 5.92 Å². The molecule has 0 radical (unpaired) electrons. The smallest absolute Gasteiger partial charge is 0.223 e. The number of rotatable bonds is 5. The van der Waals surface area contributed by atoms with Crippen LogP contribution in [0.15, 0.2) is 24.5 Å². The first kappa shape index (κ1) is 16.0. The van der Waals surface area contributed by atoms with Gasteiger partial charge in [0.05, 0.1) is 0 Å². The lowest BCUT2D eigenvalue weighted by atomic mass is 9.94. The Bertz CT molecular complexity index is 439. The molecule has 0 spiro atoms. The maximum Gasteiger partial charge on any atom is 0.223 e. The molecule has 2 rings (SSSR count). The van der Waals surface area contributed by atoms with Crippen molar-refractivity contribution in [1.29, 1.82) is 0 Å². The molecule has 1 aliphatic rings. The third-order valence-electron chi connectivity index (χ3n) is 4.46. The van der Waals surface area contributed by atoms with E-state index < -0.39 is 0 Å². The van der Waals surface area contributed by atoms with Crippen molar-refractivity contribution in [2.45, 2.75) is 46.2 Å². The van der Waals surface area contributed by atoms with Crippen molar-refractivity contribution in [3.05, 3.63) is 30.1 Å². The van der Waals surface area contributed by atoms with Crippen molar-refractivity contribution in [2.24, 2.45) is 11.8 Å². The summed E-state index contributed by atoms with van der Waals surface area (Å²) in [6.45, 7) is 9.28. The first-order chi connectivity index (χ1) is 10.1. The van der Waals surface area contributed by atoms with Gasteiger partial charge < -0.3 is 5.32 Å². The maximum absolute atomic E-state index is 12.2. The number of carbonyl (C=O) groups is 1.